The monoisotopic (exact) mass is 409 g/mol. The zero-order valence-electron chi connectivity index (χ0n) is 16.2. The highest BCUT2D eigenvalue weighted by molar-refractivity contribution is 7.89. The fourth-order valence-corrected chi connectivity index (χ4v) is 5.34. The van der Waals surface area contributed by atoms with E-state index in [-0.39, 0.29) is 6.54 Å². The molecule has 2 aromatic rings. The van der Waals surface area contributed by atoms with Crippen molar-refractivity contribution < 1.29 is 17.9 Å². The molecule has 3 rings (SSSR count). The minimum absolute atomic E-state index is 0.272. The first kappa shape index (κ1) is 20.2. The SMILES string of the molecule is COc1ccc(C2CCCN2S(=O)(=O)c2cn(C)c(=O)n(C)c2=O)c(OC)c1. The minimum Gasteiger partial charge on any atom is -0.497 e. The van der Waals surface area contributed by atoms with Gasteiger partial charge >= 0.3 is 5.69 Å². The van der Waals surface area contributed by atoms with Crippen LogP contribution in [0.5, 0.6) is 11.5 Å². The highest BCUT2D eigenvalue weighted by atomic mass is 32.2. The van der Waals surface area contributed by atoms with Crippen LogP contribution >= 0.6 is 0 Å². The summed E-state index contributed by atoms with van der Waals surface area (Å²) in [6.45, 7) is 0.272. The Morgan fingerprint density at radius 3 is 2.46 bits per heavy atom. The number of benzene rings is 1. The normalized spacial score (nSPS) is 17.6. The molecule has 1 unspecified atom stereocenters. The quantitative estimate of drug-likeness (QED) is 0.718. The van der Waals surface area contributed by atoms with Crippen molar-refractivity contribution in [1.29, 1.82) is 0 Å². The van der Waals surface area contributed by atoms with Crippen molar-refractivity contribution in [1.82, 2.24) is 13.4 Å². The lowest BCUT2D eigenvalue weighted by molar-refractivity contribution is 0.360. The fraction of sp³-hybridized carbons (Fsp3) is 0.444. The molecule has 1 atom stereocenters. The van der Waals surface area contributed by atoms with E-state index in [0.29, 0.717) is 29.9 Å². The van der Waals surface area contributed by atoms with Crippen LogP contribution in [0.25, 0.3) is 0 Å². The maximum atomic E-state index is 13.3. The summed E-state index contributed by atoms with van der Waals surface area (Å²) >= 11 is 0. The van der Waals surface area contributed by atoms with E-state index in [2.05, 4.69) is 0 Å². The van der Waals surface area contributed by atoms with Gasteiger partial charge in [-0.2, -0.15) is 4.31 Å². The fourth-order valence-electron chi connectivity index (χ4n) is 3.51. The van der Waals surface area contributed by atoms with Crippen LogP contribution in [-0.2, 0) is 24.1 Å². The number of hydrogen-bond donors (Lipinski definition) is 0. The summed E-state index contributed by atoms with van der Waals surface area (Å²) in [5, 5.41) is 0. The summed E-state index contributed by atoms with van der Waals surface area (Å²) in [7, 11) is 1.60. The van der Waals surface area contributed by atoms with E-state index < -0.39 is 32.2 Å². The number of aromatic nitrogens is 2. The molecule has 0 saturated carbocycles. The lowest BCUT2D eigenvalue weighted by Crippen LogP contribution is -2.42. The average molecular weight is 409 g/mol. The number of ether oxygens (including phenoxy) is 2. The summed E-state index contributed by atoms with van der Waals surface area (Å²) in [5.74, 6) is 1.11. The third-order valence-corrected chi connectivity index (χ3v) is 6.90. The van der Waals surface area contributed by atoms with Gasteiger partial charge in [0.15, 0.2) is 4.90 Å². The van der Waals surface area contributed by atoms with Gasteiger partial charge in [0.2, 0.25) is 0 Å². The molecule has 1 aromatic carbocycles. The zero-order valence-corrected chi connectivity index (χ0v) is 17.0. The first-order valence-electron chi connectivity index (χ1n) is 8.72. The van der Waals surface area contributed by atoms with Crippen LogP contribution in [0.3, 0.4) is 0 Å². The third kappa shape index (κ3) is 3.22. The van der Waals surface area contributed by atoms with Gasteiger partial charge in [0.25, 0.3) is 15.6 Å². The summed E-state index contributed by atoms with van der Waals surface area (Å²) in [5.41, 5.74) is -0.722. The van der Waals surface area contributed by atoms with Crippen LogP contribution in [0, 0.1) is 0 Å². The molecule has 1 saturated heterocycles. The topological polar surface area (TPSA) is 99.8 Å². The molecule has 0 aliphatic carbocycles. The van der Waals surface area contributed by atoms with Crippen molar-refractivity contribution in [2.45, 2.75) is 23.8 Å². The molecule has 2 heterocycles. The Morgan fingerprint density at radius 2 is 1.82 bits per heavy atom. The van der Waals surface area contributed by atoms with E-state index in [1.165, 1.54) is 32.6 Å². The maximum Gasteiger partial charge on any atom is 0.330 e. The van der Waals surface area contributed by atoms with Gasteiger partial charge in [-0.05, 0) is 18.9 Å². The van der Waals surface area contributed by atoms with Gasteiger partial charge in [-0.1, -0.05) is 6.07 Å². The van der Waals surface area contributed by atoms with Crippen LogP contribution in [0.1, 0.15) is 24.4 Å². The molecule has 0 spiro atoms. The summed E-state index contributed by atoms with van der Waals surface area (Å²) in [6.07, 6.45) is 2.32. The molecule has 1 aliphatic heterocycles. The van der Waals surface area contributed by atoms with Gasteiger partial charge < -0.3 is 14.0 Å². The molecule has 0 amide bonds. The second-order valence-corrected chi connectivity index (χ2v) is 8.49. The van der Waals surface area contributed by atoms with E-state index in [4.69, 9.17) is 9.47 Å². The van der Waals surface area contributed by atoms with Gasteiger partial charge in [-0.25, -0.2) is 13.2 Å². The van der Waals surface area contributed by atoms with Crippen molar-refractivity contribution in [3.63, 3.8) is 0 Å². The predicted molar refractivity (Wildman–Crippen MR) is 102 cm³/mol. The highest BCUT2D eigenvalue weighted by Crippen LogP contribution is 2.41. The lowest BCUT2D eigenvalue weighted by Gasteiger charge is -2.26. The number of nitrogens with zero attached hydrogens (tertiary/aromatic N) is 3. The Morgan fingerprint density at radius 1 is 1.11 bits per heavy atom. The molecule has 10 heteroatoms. The molecule has 9 nitrogen and oxygen atoms in total. The van der Waals surface area contributed by atoms with Crippen molar-refractivity contribution >= 4 is 10.0 Å². The first-order chi connectivity index (χ1) is 13.2. The van der Waals surface area contributed by atoms with Crippen LogP contribution < -0.4 is 20.7 Å². The molecule has 1 fully saturated rings. The maximum absolute atomic E-state index is 13.3. The smallest absolute Gasteiger partial charge is 0.330 e. The van der Waals surface area contributed by atoms with Gasteiger partial charge in [-0.15, -0.1) is 0 Å². The molecule has 1 aliphatic rings. The second kappa shape index (κ2) is 7.44. The molecule has 28 heavy (non-hydrogen) atoms. The van der Waals surface area contributed by atoms with Gasteiger partial charge in [0.1, 0.15) is 11.5 Å². The number of hydrogen-bond acceptors (Lipinski definition) is 6. The minimum atomic E-state index is -4.12. The van der Waals surface area contributed by atoms with E-state index in [1.54, 1.807) is 18.2 Å². The number of sulfonamides is 1. The van der Waals surface area contributed by atoms with Crippen molar-refractivity contribution in [2.24, 2.45) is 14.1 Å². The molecule has 1 aromatic heterocycles. The van der Waals surface area contributed by atoms with E-state index in [1.807, 2.05) is 0 Å². The zero-order chi connectivity index (χ0) is 20.6. The lowest BCUT2D eigenvalue weighted by atomic mass is 10.0. The van der Waals surface area contributed by atoms with Gasteiger partial charge in [0.05, 0.1) is 20.3 Å². The first-order valence-corrected chi connectivity index (χ1v) is 10.2. The van der Waals surface area contributed by atoms with Crippen LogP contribution in [0.15, 0.2) is 38.9 Å². The summed E-state index contributed by atoms with van der Waals surface area (Å²) in [6, 6.07) is 4.73. The number of methoxy groups -OCH3 is 2. The average Bonchev–Trinajstić information content (AvgIpc) is 3.18. The molecular weight excluding hydrogens is 386 g/mol. The standard InChI is InChI=1S/C18H23N3O6S/c1-19-11-16(17(22)20(2)18(19)23)28(24,25)21-9-5-6-14(21)13-8-7-12(26-3)10-15(13)27-4/h7-8,10-11,14H,5-6,9H2,1-4H3. The molecule has 152 valence electrons. The molecule has 0 N–H and O–H groups in total. The second-order valence-electron chi connectivity index (χ2n) is 6.63. The van der Waals surface area contributed by atoms with Crippen molar-refractivity contribution in [2.75, 3.05) is 20.8 Å². The molecule has 0 radical (unpaired) electrons. The summed E-state index contributed by atoms with van der Waals surface area (Å²) < 4.78 is 40.4. The number of aryl methyl sites for hydroxylation is 1. The van der Waals surface area contributed by atoms with E-state index >= 15 is 0 Å². The Kier molecular flexibility index (Phi) is 5.35. The Balaban J connectivity index is 2.11. The highest BCUT2D eigenvalue weighted by Gasteiger charge is 2.39. The summed E-state index contributed by atoms with van der Waals surface area (Å²) in [4.78, 5) is 24.0. The van der Waals surface area contributed by atoms with Gasteiger partial charge in [-0.3, -0.25) is 9.36 Å². The predicted octanol–water partition coefficient (Wildman–Crippen LogP) is 0.627. The van der Waals surface area contributed by atoms with Crippen molar-refractivity contribution in [3.05, 3.63) is 50.8 Å². The van der Waals surface area contributed by atoms with E-state index in [0.717, 1.165) is 15.3 Å². The van der Waals surface area contributed by atoms with Crippen LogP contribution in [-0.4, -0.2) is 42.6 Å². The third-order valence-electron chi connectivity index (χ3n) is 5.00. The van der Waals surface area contributed by atoms with Crippen molar-refractivity contribution in [3.8, 4) is 11.5 Å². The largest absolute Gasteiger partial charge is 0.497 e. The Bertz CT molecular complexity index is 1120. The van der Waals surface area contributed by atoms with Crippen LogP contribution in [0.4, 0.5) is 0 Å². The molecule has 0 bridgehead atoms. The van der Waals surface area contributed by atoms with Gasteiger partial charge in [0, 0.05) is 38.5 Å². The Hall–Kier alpha value is -2.59. The van der Waals surface area contributed by atoms with E-state index in [9.17, 15) is 18.0 Å². The molecular formula is C18H23N3O6S. The Labute approximate surface area is 162 Å². The number of rotatable bonds is 5. The van der Waals surface area contributed by atoms with Crippen LogP contribution in [0.2, 0.25) is 0 Å².